The number of carboxylic acids is 1. The fourth-order valence-electron chi connectivity index (χ4n) is 2.97. The van der Waals surface area contributed by atoms with Gasteiger partial charge in [-0.2, -0.15) is 0 Å². The Labute approximate surface area is 117 Å². The van der Waals surface area contributed by atoms with E-state index >= 15 is 0 Å². The quantitative estimate of drug-likeness (QED) is 0.903. The van der Waals surface area contributed by atoms with E-state index in [0.717, 1.165) is 17.7 Å². The Morgan fingerprint density at radius 2 is 2.15 bits per heavy atom. The highest BCUT2D eigenvalue weighted by molar-refractivity contribution is 5.83. The molecule has 1 N–H and O–H groups in total. The number of carbonyl (C=O) groups excluding carboxylic acids is 1. The topological polar surface area (TPSA) is 66.8 Å². The van der Waals surface area contributed by atoms with Gasteiger partial charge in [-0.25, -0.2) is 0 Å². The molecule has 106 valence electrons. The molecule has 0 spiro atoms. The fourth-order valence-corrected chi connectivity index (χ4v) is 2.97. The number of likely N-dealkylation sites (tertiary alicyclic amines) is 1. The van der Waals surface area contributed by atoms with Crippen LogP contribution in [-0.2, 0) is 16.0 Å². The van der Waals surface area contributed by atoms with Crippen LogP contribution in [0.2, 0.25) is 0 Å². The molecule has 1 aromatic rings. The zero-order valence-corrected chi connectivity index (χ0v) is 11.1. The van der Waals surface area contributed by atoms with Gasteiger partial charge in [0.1, 0.15) is 5.75 Å². The highest BCUT2D eigenvalue weighted by atomic mass is 16.5. The van der Waals surface area contributed by atoms with Crippen LogP contribution in [0.4, 0.5) is 0 Å². The van der Waals surface area contributed by atoms with Crippen molar-refractivity contribution < 1.29 is 19.4 Å². The predicted molar refractivity (Wildman–Crippen MR) is 71.5 cm³/mol. The molecule has 1 saturated heterocycles. The lowest BCUT2D eigenvalue weighted by Crippen LogP contribution is -2.40. The van der Waals surface area contributed by atoms with Crippen molar-refractivity contribution in [3.63, 3.8) is 0 Å². The lowest BCUT2D eigenvalue weighted by molar-refractivity contribution is -0.139. The molecule has 5 heteroatoms. The van der Waals surface area contributed by atoms with Gasteiger partial charge in [-0.3, -0.25) is 9.59 Å². The number of aliphatic carboxylic acids is 1. The molecule has 1 aromatic carbocycles. The molecule has 0 radical (unpaired) electrons. The monoisotopic (exact) mass is 275 g/mol. The maximum absolute atomic E-state index is 12.4. The van der Waals surface area contributed by atoms with Crippen molar-refractivity contribution in [2.75, 3.05) is 13.1 Å². The first-order valence-electron chi connectivity index (χ1n) is 6.88. The Kier molecular flexibility index (Phi) is 3.34. The second kappa shape index (κ2) is 5.15. The van der Waals surface area contributed by atoms with E-state index in [9.17, 15) is 9.59 Å². The summed E-state index contributed by atoms with van der Waals surface area (Å²) in [6, 6.07) is 7.68. The highest BCUT2D eigenvalue weighted by Crippen LogP contribution is 2.30. The summed E-state index contributed by atoms with van der Waals surface area (Å²) in [5.74, 6) is 0.0373. The molecule has 2 atom stereocenters. The Morgan fingerprint density at radius 3 is 2.90 bits per heavy atom. The number of hydrogen-bond donors (Lipinski definition) is 1. The Hall–Kier alpha value is -2.04. The van der Waals surface area contributed by atoms with Crippen LogP contribution in [0, 0.1) is 5.92 Å². The van der Waals surface area contributed by atoms with Gasteiger partial charge in [0.05, 0.1) is 0 Å². The third kappa shape index (κ3) is 2.48. The van der Waals surface area contributed by atoms with Crippen LogP contribution in [0.1, 0.15) is 18.4 Å². The Balaban J connectivity index is 1.60. The molecule has 0 aromatic heterocycles. The predicted octanol–water partition coefficient (Wildman–Crippen LogP) is 1.31. The number of carbonyl (C=O) groups is 2. The molecule has 20 heavy (non-hydrogen) atoms. The lowest BCUT2D eigenvalue weighted by Gasteiger charge is -2.20. The van der Waals surface area contributed by atoms with Gasteiger partial charge in [-0.15, -0.1) is 0 Å². The van der Waals surface area contributed by atoms with Crippen molar-refractivity contribution in [1.29, 1.82) is 0 Å². The zero-order valence-electron chi connectivity index (χ0n) is 11.1. The van der Waals surface area contributed by atoms with E-state index in [0.29, 0.717) is 19.5 Å². The van der Waals surface area contributed by atoms with Crippen LogP contribution < -0.4 is 4.74 Å². The van der Waals surface area contributed by atoms with Gasteiger partial charge in [0.25, 0.3) is 5.91 Å². The number of hydrogen-bond acceptors (Lipinski definition) is 3. The smallest absolute Gasteiger partial charge is 0.303 e. The van der Waals surface area contributed by atoms with Crippen molar-refractivity contribution >= 4 is 11.9 Å². The minimum atomic E-state index is -0.797. The molecule has 2 heterocycles. The SMILES string of the molecule is O=C(O)CC1CCN(C(=O)C2Cc3ccccc3O2)C1. The maximum Gasteiger partial charge on any atom is 0.303 e. The third-order valence-corrected chi connectivity index (χ3v) is 3.98. The average molecular weight is 275 g/mol. The molecule has 0 bridgehead atoms. The molecule has 2 aliphatic heterocycles. The second-order valence-corrected chi connectivity index (χ2v) is 5.46. The van der Waals surface area contributed by atoms with Crippen molar-refractivity contribution in [3.8, 4) is 5.75 Å². The van der Waals surface area contributed by atoms with Crippen LogP contribution in [0.3, 0.4) is 0 Å². The van der Waals surface area contributed by atoms with Crippen molar-refractivity contribution in [1.82, 2.24) is 4.90 Å². The second-order valence-electron chi connectivity index (χ2n) is 5.46. The number of carboxylic acid groups (broad SMARTS) is 1. The minimum Gasteiger partial charge on any atom is -0.481 e. The van der Waals surface area contributed by atoms with Crippen LogP contribution >= 0.6 is 0 Å². The standard InChI is InChI=1S/C15H17NO4/c17-14(18)7-10-5-6-16(9-10)15(19)13-8-11-3-1-2-4-12(11)20-13/h1-4,10,13H,5-9H2,(H,17,18). The Bertz CT molecular complexity index is 517. The third-order valence-electron chi connectivity index (χ3n) is 3.98. The molecule has 0 saturated carbocycles. The first-order valence-corrected chi connectivity index (χ1v) is 6.88. The molecule has 1 amide bonds. The van der Waals surface area contributed by atoms with Gasteiger partial charge in [0.2, 0.25) is 0 Å². The van der Waals surface area contributed by atoms with E-state index in [-0.39, 0.29) is 18.2 Å². The first-order chi connectivity index (χ1) is 9.63. The number of para-hydroxylation sites is 1. The van der Waals surface area contributed by atoms with Crippen molar-refractivity contribution in [2.24, 2.45) is 5.92 Å². The minimum absolute atomic E-state index is 0.0194. The largest absolute Gasteiger partial charge is 0.481 e. The van der Waals surface area contributed by atoms with Crippen LogP contribution in [0.25, 0.3) is 0 Å². The highest BCUT2D eigenvalue weighted by Gasteiger charge is 2.35. The van der Waals surface area contributed by atoms with Gasteiger partial charge < -0.3 is 14.7 Å². The first kappa shape index (κ1) is 13.0. The van der Waals surface area contributed by atoms with E-state index in [1.54, 1.807) is 4.90 Å². The van der Waals surface area contributed by atoms with Gasteiger partial charge in [0.15, 0.2) is 6.10 Å². The number of amides is 1. The summed E-state index contributed by atoms with van der Waals surface area (Å²) < 4.78 is 5.69. The average Bonchev–Trinajstić information content (AvgIpc) is 3.03. The van der Waals surface area contributed by atoms with E-state index in [1.807, 2.05) is 24.3 Å². The molecule has 1 fully saturated rings. The van der Waals surface area contributed by atoms with Gasteiger partial charge >= 0.3 is 5.97 Å². The molecule has 5 nitrogen and oxygen atoms in total. The molecular formula is C15H17NO4. The van der Waals surface area contributed by atoms with E-state index in [4.69, 9.17) is 9.84 Å². The molecule has 3 rings (SSSR count). The van der Waals surface area contributed by atoms with E-state index in [1.165, 1.54) is 0 Å². The van der Waals surface area contributed by atoms with Gasteiger partial charge in [-0.1, -0.05) is 18.2 Å². The van der Waals surface area contributed by atoms with Crippen molar-refractivity contribution in [2.45, 2.75) is 25.4 Å². The van der Waals surface area contributed by atoms with E-state index < -0.39 is 12.1 Å². The van der Waals surface area contributed by atoms with Crippen molar-refractivity contribution in [3.05, 3.63) is 29.8 Å². The summed E-state index contributed by atoms with van der Waals surface area (Å²) in [5, 5.41) is 8.80. The van der Waals surface area contributed by atoms with Gasteiger partial charge in [0, 0.05) is 25.9 Å². The summed E-state index contributed by atoms with van der Waals surface area (Å²) in [6.07, 6.45) is 1.05. The number of nitrogens with zero attached hydrogens (tertiary/aromatic N) is 1. The number of ether oxygens (including phenoxy) is 1. The van der Waals surface area contributed by atoms with Crippen LogP contribution in [0.15, 0.2) is 24.3 Å². The summed E-state index contributed by atoms with van der Waals surface area (Å²) >= 11 is 0. The lowest BCUT2D eigenvalue weighted by atomic mass is 10.1. The maximum atomic E-state index is 12.4. The molecule has 2 unspecified atom stereocenters. The molecular weight excluding hydrogens is 258 g/mol. The zero-order chi connectivity index (χ0) is 14.1. The summed E-state index contributed by atoms with van der Waals surface area (Å²) in [4.78, 5) is 24.8. The van der Waals surface area contributed by atoms with Gasteiger partial charge in [-0.05, 0) is 24.0 Å². The fraction of sp³-hybridized carbons (Fsp3) is 0.467. The van der Waals surface area contributed by atoms with E-state index in [2.05, 4.69) is 0 Å². The summed E-state index contributed by atoms with van der Waals surface area (Å²) in [7, 11) is 0. The number of benzene rings is 1. The summed E-state index contributed by atoms with van der Waals surface area (Å²) in [6.45, 7) is 1.16. The Morgan fingerprint density at radius 1 is 1.35 bits per heavy atom. The van der Waals surface area contributed by atoms with Crippen LogP contribution in [0.5, 0.6) is 5.75 Å². The summed E-state index contributed by atoms with van der Waals surface area (Å²) in [5.41, 5.74) is 1.06. The number of fused-ring (bicyclic) bond motifs is 1. The molecule has 2 aliphatic rings. The molecule has 0 aliphatic carbocycles. The number of rotatable bonds is 3. The van der Waals surface area contributed by atoms with Crippen LogP contribution in [-0.4, -0.2) is 41.1 Å². The normalized spacial score (nSPS) is 24.3.